The second-order valence-electron chi connectivity index (χ2n) is 2.91. The quantitative estimate of drug-likeness (QED) is 0.264. The summed E-state index contributed by atoms with van der Waals surface area (Å²) in [6.45, 7) is 7.54. The molecule has 0 aromatic carbocycles. The van der Waals surface area contributed by atoms with Crippen molar-refractivity contribution in [3.63, 3.8) is 0 Å². The standard InChI is InChI=1S/C7H17N3/c1-6(2)7(3)4-9-5-10-8/h5-7H,4,8H2,1-3H3,(H,9,10). The van der Waals surface area contributed by atoms with Crippen LogP contribution >= 0.6 is 0 Å². The fourth-order valence-corrected chi connectivity index (χ4v) is 0.527. The zero-order valence-electron chi connectivity index (χ0n) is 6.96. The lowest BCUT2D eigenvalue weighted by molar-refractivity contribution is 0.416. The van der Waals surface area contributed by atoms with Crippen LogP contribution in [0.1, 0.15) is 20.8 Å². The van der Waals surface area contributed by atoms with Crippen LogP contribution in [0.25, 0.3) is 0 Å². The highest BCUT2D eigenvalue weighted by Gasteiger charge is 2.04. The zero-order valence-corrected chi connectivity index (χ0v) is 6.96. The van der Waals surface area contributed by atoms with Crippen molar-refractivity contribution >= 4 is 6.34 Å². The molecule has 0 saturated heterocycles. The van der Waals surface area contributed by atoms with Crippen molar-refractivity contribution in [3.8, 4) is 0 Å². The van der Waals surface area contributed by atoms with Gasteiger partial charge in [-0.05, 0) is 11.8 Å². The number of hydrogen-bond donors (Lipinski definition) is 2. The van der Waals surface area contributed by atoms with Gasteiger partial charge in [-0.25, -0.2) is 0 Å². The van der Waals surface area contributed by atoms with Crippen molar-refractivity contribution in [3.05, 3.63) is 0 Å². The molecular weight excluding hydrogens is 126 g/mol. The van der Waals surface area contributed by atoms with Gasteiger partial charge in [-0.2, -0.15) is 5.10 Å². The Morgan fingerprint density at radius 2 is 2.10 bits per heavy atom. The summed E-state index contributed by atoms with van der Waals surface area (Å²) in [7, 11) is 0. The molecule has 1 unspecified atom stereocenters. The summed E-state index contributed by atoms with van der Waals surface area (Å²) in [4.78, 5) is 0. The summed E-state index contributed by atoms with van der Waals surface area (Å²) in [6.07, 6.45) is 1.53. The van der Waals surface area contributed by atoms with Crippen LogP contribution in [0.3, 0.4) is 0 Å². The van der Waals surface area contributed by atoms with E-state index in [-0.39, 0.29) is 0 Å². The number of nitrogens with one attached hydrogen (secondary N) is 1. The Balaban J connectivity index is 3.30. The Hall–Kier alpha value is -0.730. The molecule has 0 fully saturated rings. The van der Waals surface area contributed by atoms with E-state index in [1.807, 2.05) is 0 Å². The maximum absolute atomic E-state index is 4.90. The summed E-state index contributed by atoms with van der Waals surface area (Å²) in [6, 6.07) is 0. The monoisotopic (exact) mass is 143 g/mol. The second kappa shape index (κ2) is 5.09. The average Bonchev–Trinajstić information content (AvgIpc) is 1.88. The number of rotatable bonds is 4. The van der Waals surface area contributed by atoms with Gasteiger partial charge in [-0.3, -0.25) is 0 Å². The molecule has 0 aliphatic rings. The van der Waals surface area contributed by atoms with Gasteiger partial charge in [0.25, 0.3) is 0 Å². The van der Waals surface area contributed by atoms with Crippen LogP contribution in [-0.2, 0) is 0 Å². The van der Waals surface area contributed by atoms with E-state index in [2.05, 4.69) is 31.2 Å². The predicted molar refractivity (Wildman–Crippen MR) is 44.7 cm³/mol. The summed E-state index contributed by atoms with van der Waals surface area (Å²) >= 11 is 0. The molecule has 60 valence electrons. The maximum atomic E-state index is 4.90. The summed E-state index contributed by atoms with van der Waals surface area (Å²) < 4.78 is 0. The van der Waals surface area contributed by atoms with Crippen LogP contribution in [-0.4, -0.2) is 12.9 Å². The van der Waals surface area contributed by atoms with Crippen molar-refractivity contribution in [1.82, 2.24) is 5.32 Å². The Kier molecular flexibility index (Phi) is 4.72. The van der Waals surface area contributed by atoms with Crippen molar-refractivity contribution < 1.29 is 0 Å². The molecule has 0 amide bonds. The van der Waals surface area contributed by atoms with Gasteiger partial charge in [-0.15, -0.1) is 0 Å². The van der Waals surface area contributed by atoms with Gasteiger partial charge in [0.1, 0.15) is 6.34 Å². The van der Waals surface area contributed by atoms with Gasteiger partial charge in [0.05, 0.1) is 0 Å². The molecular formula is C7H17N3. The minimum atomic E-state index is 0.665. The molecule has 0 rings (SSSR count). The van der Waals surface area contributed by atoms with E-state index in [9.17, 15) is 0 Å². The van der Waals surface area contributed by atoms with Gasteiger partial charge in [0.2, 0.25) is 0 Å². The van der Waals surface area contributed by atoms with E-state index in [4.69, 9.17) is 5.84 Å². The van der Waals surface area contributed by atoms with Crippen LogP contribution in [0.5, 0.6) is 0 Å². The van der Waals surface area contributed by atoms with E-state index in [1.165, 1.54) is 6.34 Å². The Bertz CT molecular complexity index is 99.0. The molecule has 0 spiro atoms. The van der Waals surface area contributed by atoms with Gasteiger partial charge in [0, 0.05) is 6.54 Å². The van der Waals surface area contributed by atoms with Crippen LogP contribution in [0, 0.1) is 11.8 Å². The number of nitrogens with two attached hydrogens (primary N) is 1. The first-order valence-electron chi connectivity index (χ1n) is 3.63. The van der Waals surface area contributed by atoms with Crippen molar-refractivity contribution in [2.75, 3.05) is 6.54 Å². The number of hydrazone groups is 1. The minimum Gasteiger partial charge on any atom is -0.374 e. The van der Waals surface area contributed by atoms with Gasteiger partial charge in [-0.1, -0.05) is 20.8 Å². The molecule has 3 nitrogen and oxygen atoms in total. The van der Waals surface area contributed by atoms with Crippen LogP contribution in [0.2, 0.25) is 0 Å². The van der Waals surface area contributed by atoms with Crippen LogP contribution in [0.15, 0.2) is 5.10 Å². The zero-order chi connectivity index (χ0) is 7.98. The van der Waals surface area contributed by atoms with E-state index in [0.29, 0.717) is 11.8 Å². The van der Waals surface area contributed by atoms with Gasteiger partial charge < -0.3 is 11.2 Å². The van der Waals surface area contributed by atoms with Crippen molar-refractivity contribution in [1.29, 1.82) is 0 Å². The normalized spacial score (nSPS) is 14.4. The topological polar surface area (TPSA) is 50.4 Å². The van der Waals surface area contributed by atoms with E-state index in [0.717, 1.165) is 6.54 Å². The highest BCUT2D eigenvalue weighted by molar-refractivity contribution is 5.53. The number of nitrogens with zero attached hydrogens (tertiary/aromatic N) is 1. The smallest absolute Gasteiger partial charge is 0.108 e. The molecule has 0 aliphatic carbocycles. The SMILES string of the molecule is CC(C)C(C)CN/C=N\N. The molecule has 0 bridgehead atoms. The molecule has 0 heterocycles. The third-order valence-electron chi connectivity index (χ3n) is 1.74. The lowest BCUT2D eigenvalue weighted by Gasteiger charge is -2.14. The molecule has 0 aliphatic heterocycles. The van der Waals surface area contributed by atoms with Crippen molar-refractivity contribution in [2.24, 2.45) is 22.8 Å². The molecule has 3 N–H and O–H groups in total. The fourth-order valence-electron chi connectivity index (χ4n) is 0.527. The Morgan fingerprint density at radius 3 is 2.50 bits per heavy atom. The molecule has 0 aromatic rings. The molecule has 0 aromatic heterocycles. The molecule has 0 saturated carbocycles. The van der Waals surface area contributed by atoms with Crippen LogP contribution < -0.4 is 11.2 Å². The Labute approximate surface area is 62.7 Å². The molecule has 10 heavy (non-hydrogen) atoms. The molecule has 0 radical (unpaired) electrons. The highest BCUT2D eigenvalue weighted by atomic mass is 15.2. The van der Waals surface area contributed by atoms with E-state index >= 15 is 0 Å². The highest BCUT2D eigenvalue weighted by Crippen LogP contribution is 2.06. The Morgan fingerprint density at radius 1 is 1.50 bits per heavy atom. The van der Waals surface area contributed by atoms with Gasteiger partial charge >= 0.3 is 0 Å². The predicted octanol–water partition coefficient (Wildman–Crippen LogP) is 0.770. The third kappa shape index (κ3) is 4.18. The third-order valence-corrected chi connectivity index (χ3v) is 1.74. The fraction of sp³-hybridized carbons (Fsp3) is 0.857. The van der Waals surface area contributed by atoms with E-state index in [1.54, 1.807) is 0 Å². The van der Waals surface area contributed by atoms with Crippen molar-refractivity contribution in [2.45, 2.75) is 20.8 Å². The van der Waals surface area contributed by atoms with E-state index < -0.39 is 0 Å². The minimum absolute atomic E-state index is 0.665. The summed E-state index contributed by atoms with van der Waals surface area (Å²) in [5, 5.41) is 6.33. The van der Waals surface area contributed by atoms with Crippen LogP contribution in [0.4, 0.5) is 0 Å². The summed E-state index contributed by atoms with van der Waals surface area (Å²) in [5.74, 6) is 6.27. The summed E-state index contributed by atoms with van der Waals surface area (Å²) in [5.41, 5.74) is 0. The second-order valence-corrected chi connectivity index (χ2v) is 2.91. The first-order chi connectivity index (χ1) is 4.68. The average molecular weight is 143 g/mol. The largest absolute Gasteiger partial charge is 0.374 e. The molecule has 1 atom stereocenters. The lowest BCUT2D eigenvalue weighted by atomic mass is 9.98. The first kappa shape index (κ1) is 9.27. The van der Waals surface area contributed by atoms with Gasteiger partial charge in [0.15, 0.2) is 0 Å². The maximum Gasteiger partial charge on any atom is 0.108 e. The molecule has 3 heteroatoms. The first-order valence-corrected chi connectivity index (χ1v) is 3.63. The lowest BCUT2D eigenvalue weighted by Crippen LogP contribution is -2.23. The number of hydrogen-bond acceptors (Lipinski definition) is 2.